The number of imide groups is 1. The lowest BCUT2D eigenvalue weighted by atomic mass is 10.1. The second-order valence-corrected chi connectivity index (χ2v) is 10.1. The summed E-state index contributed by atoms with van der Waals surface area (Å²) in [7, 11) is 3.88. The van der Waals surface area contributed by atoms with Gasteiger partial charge in [-0.25, -0.2) is 14.7 Å². The number of morpholine rings is 1. The minimum absolute atomic E-state index is 0.196. The molecule has 2 saturated heterocycles. The minimum Gasteiger partial charge on any atom is -0.378 e. The molecular weight excluding hydrogens is 524 g/mol. The third-order valence-electron chi connectivity index (χ3n) is 7.13. The van der Waals surface area contributed by atoms with Crippen LogP contribution in [0, 0.1) is 6.92 Å². The first-order valence-electron chi connectivity index (χ1n) is 12.8. The fourth-order valence-corrected chi connectivity index (χ4v) is 5.27. The number of halogens is 1. The molecule has 2 fully saturated rings. The van der Waals surface area contributed by atoms with Gasteiger partial charge in [-0.15, -0.1) is 0 Å². The van der Waals surface area contributed by atoms with Crippen molar-refractivity contribution in [1.82, 2.24) is 24.6 Å². The number of hydrogen-bond acceptors (Lipinski definition) is 8. The molecule has 4 amide bonds. The zero-order valence-corrected chi connectivity index (χ0v) is 22.9. The van der Waals surface area contributed by atoms with Gasteiger partial charge >= 0.3 is 6.03 Å². The van der Waals surface area contributed by atoms with Gasteiger partial charge in [-0.3, -0.25) is 14.3 Å². The van der Waals surface area contributed by atoms with E-state index in [-0.39, 0.29) is 10.9 Å². The number of urea groups is 1. The number of carbonyl (C=O) groups is 3. The monoisotopic (exact) mass is 554 g/mol. The standard InChI is InChI=1S/C26H31ClN8O4/c1-17-22-23(33-8-6-31(2)7-9-33)21(15-28-24(22)32(3)30-17)35(16-36)26(38)29-18-4-5-19(20(27)14-18)25(37)34-10-12-39-13-11-34/h4-5,14-16H,6-13H2,1-3H3,(H,29,38). The predicted octanol–water partition coefficient (Wildman–Crippen LogP) is 2.35. The summed E-state index contributed by atoms with van der Waals surface area (Å²) < 4.78 is 7.01. The maximum atomic E-state index is 13.4. The van der Waals surface area contributed by atoms with Crippen LogP contribution in [0.5, 0.6) is 0 Å². The highest BCUT2D eigenvalue weighted by Gasteiger charge is 2.29. The number of nitrogens with zero attached hydrogens (tertiary/aromatic N) is 7. The number of likely N-dealkylation sites (N-methyl/N-ethyl adjacent to an activating group) is 1. The Labute approximate surface area is 231 Å². The molecule has 0 bridgehead atoms. The van der Waals surface area contributed by atoms with E-state index < -0.39 is 6.03 Å². The second kappa shape index (κ2) is 11.2. The van der Waals surface area contributed by atoms with E-state index in [1.165, 1.54) is 12.3 Å². The lowest BCUT2D eigenvalue weighted by Gasteiger charge is -2.36. The summed E-state index contributed by atoms with van der Waals surface area (Å²) >= 11 is 6.44. The number of amides is 4. The highest BCUT2D eigenvalue weighted by molar-refractivity contribution is 6.34. The molecule has 0 unspecified atom stereocenters. The van der Waals surface area contributed by atoms with E-state index in [1.54, 1.807) is 21.7 Å². The van der Waals surface area contributed by atoms with Crippen LogP contribution in [0.15, 0.2) is 24.4 Å². The van der Waals surface area contributed by atoms with Crippen LogP contribution in [-0.4, -0.2) is 102 Å². The molecule has 13 heteroatoms. The van der Waals surface area contributed by atoms with Crippen LogP contribution in [0.4, 0.5) is 21.9 Å². The number of carbonyl (C=O) groups excluding carboxylic acids is 3. The number of fused-ring (bicyclic) bond motifs is 1. The average molecular weight is 555 g/mol. The van der Waals surface area contributed by atoms with E-state index in [1.807, 2.05) is 14.0 Å². The molecule has 39 heavy (non-hydrogen) atoms. The van der Waals surface area contributed by atoms with Gasteiger partial charge in [0.15, 0.2) is 5.65 Å². The van der Waals surface area contributed by atoms with Crippen LogP contribution in [0.25, 0.3) is 11.0 Å². The molecule has 0 radical (unpaired) electrons. The van der Waals surface area contributed by atoms with E-state index in [9.17, 15) is 14.4 Å². The number of aromatic nitrogens is 3. The number of hydrogen-bond donors (Lipinski definition) is 1. The number of piperazine rings is 1. The fraction of sp³-hybridized carbons (Fsp3) is 0.423. The van der Waals surface area contributed by atoms with Gasteiger partial charge in [0.1, 0.15) is 0 Å². The summed E-state index contributed by atoms with van der Waals surface area (Å²) in [6.45, 7) is 6.95. The molecule has 1 aromatic carbocycles. The molecular formula is C26H31ClN8O4. The summed E-state index contributed by atoms with van der Waals surface area (Å²) in [6.07, 6.45) is 2.00. The van der Waals surface area contributed by atoms with Gasteiger partial charge in [0.2, 0.25) is 6.41 Å². The van der Waals surface area contributed by atoms with Crippen LogP contribution in [0.1, 0.15) is 16.1 Å². The topological polar surface area (TPSA) is 116 Å². The van der Waals surface area contributed by atoms with Crippen molar-refractivity contribution in [3.8, 4) is 0 Å². The Hall–Kier alpha value is -3.74. The van der Waals surface area contributed by atoms with E-state index >= 15 is 0 Å². The molecule has 0 aliphatic carbocycles. The summed E-state index contributed by atoms with van der Waals surface area (Å²) in [6, 6.07) is 3.99. The molecule has 2 aromatic heterocycles. The van der Waals surface area contributed by atoms with Crippen LogP contribution in [0.3, 0.4) is 0 Å². The first kappa shape index (κ1) is 26.9. The summed E-state index contributed by atoms with van der Waals surface area (Å²) in [5.41, 5.74) is 3.22. The molecule has 2 aliphatic heterocycles. The van der Waals surface area contributed by atoms with Gasteiger partial charge in [-0.05, 0) is 32.2 Å². The van der Waals surface area contributed by atoms with Gasteiger partial charge in [-0.1, -0.05) is 11.6 Å². The molecule has 0 atom stereocenters. The Morgan fingerprint density at radius 1 is 1.10 bits per heavy atom. The summed E-state index contributed by atoms with van der Waals surface area (Å²) in [5, 5.41) is 8.26. The first-order valence-corrected chi connectivity index (χ1v) is 13.1. The average Bonchev–Trinajstić information content (AvgIpc) is 3.22. The van der Waals surface area contributed by atoms with Gasteiger partial charge in [0, 0.05) is 52.0 Å². The number of pyridine rings is 1. The van der Waals surface area contributed by atoms with Gasteiger partial charge in [0.25, 0.3) is 5.91 Å². The van der Waals surface area contributed by atoms with E-state index in [4.69, 9.17) is 16.3 Å². The van der Waals surface area contributed by atoms with Gasteiger partial charge in [0.05, 0.1) is 52.5 Å². The quantitative estimate of drug-likeness (QED) is 0.478. The van der Waals surface area contributed by atoms with Gasteiger partial charge < -0.3 is 24.8 Å². The van der Waals surface area contributed by atoms with Crippen molar-refractivity contribution >= 4 is 58.0 Å². The largest absolute Gasteiger partial charge is 0.378 e. The van der Waals surface area contributed by atoms with Crippen molar-refractivity contribution in [3.05, 3.63) is 40.7 Å². The molecule has 0 spiro atoms. The number of anilines is 3. The number of nitrogens with one attached hydrogen (secondary N) is 1. The Kier molecular flexibility index (Phi) is 7.69. The lowest BCUT2D eigenvalue weighted by Crippen LogP contribution is -2.45. The zero-order chi connectivity index (χ0) is 27.7. The Morgan fingerprint density at radius 3 is 2.49 bits per heavy atom. The third kappa shape index (κ3) is 5.27. The van der Waals surface area contributed by atoms with Crippen LogP contribution >= 0.6 is 11.6 Å². The molecule has 1 N–H and O–H groups in total. The smallest absolute Gasteiger partial charge is 0.333 e. The van der Waals surface area contributed by atoms with Crippen molar-refractivity contribution in [2.45, 2.75) is 6.92 Å². The molecule has 4 heterocycles. The SMILES string of the molecule is Cc1nn(C)c2ncc(N(C=O)C(=O)Nc3ccc(C(=O)N4CCOCC4)c(Cl)c3)c(N3CCN(C)CC3)c12. The number of rotatable bonds is 5. The lowest BCUT2D eigenvalue weighted by molar-refractivity contribution is -0.106. The maximum Gasteiger partial charge on any atom is 0.333 e. The number of aryl methyl sites for hydroxylation is 2. The molecule has 0 saturated carbocycles. The van der Waals surface area contributed by atoms with Crippen molar-refractivity contribution in [2.24, 2.45) is 7.05 Å². The maximum absolute atomic E-state index is 13.4. The summed E-state index contributed by atoms with van der Waals surface area (Å²) in [5.74, 6) is -0.196. The second-order valence-electron chi connectivity index (χ2n) is 9.69. The molecule has 206 valence electrons. The Bertz CT molecular complexity index is 1410. The molecule has 2 aliphatic rings. The first-order chi connectivity index (χ1) is 18.8. The third-order valence-corrected chi connectivity index (χ3v) is 7.45. The van der Waals surface area contributed by atoms with Crippen LogP contribution in [-0.2, 0) is 16.6 Å². The Balaban J connectivity index is 1.44. The van der Waals surface area contributed by atoms with Crippen molar-refractivity contribution in [2.75, 3.05) is 74.6 Å². The van der Waals surface area contributed by atoms with Crippen LogP contribution in [0.2, 0.25) is 5.02 Å². The fourth-order valence-electron chi connectivity index (χ4n) is 5.01. The number of ether oxygens (including phenoxy) is 1. The van der Waals surface area contributed by atoms with E-state index in [2.05, 4.69) is 32.2 Å². The minimum atomic E-state index is -0.675. The zero-order valence-electron chi connectivity index (χ0n) is 22.2. The van der Waals surface area contributed by atoms with Crippen LogP contribution < -0.4 is 15.1 Å². The van der Waals surface area contributed by atoms with Gasteiger partial charge in [-0.2, -0.15) is 5.10 Å². The number of benzene rings is 1. The predicted molar refractivity (Wildman–Crippen MR) is 149 cm³/mol. The van der Waals surface area contributed by atoms with Crippen molar-refractivity contribution in [3.63, 3.8) is 0 Å². The summed E-state index contributed by atoms with van der Waals surface area (Å²) in [4.78, 5) is 50.2. The van der Waals surface area contributed by atoms with E-state index in [0.29, 0.717) is 55.3 Å². The highest BCUT2D eigenvalue weighted by Crippen LogP contribution is 2.38. The van der Waals surface area contributed by atoms with Crippen molar-refractivity contribution < 1.29 is 19.1 Å². The normalized spacial score (nSPS) is 16.4. The molecule has 3 aromatic rings. The highest BCUT2D eigenvalue weighted by atomic mass is 35.5. The molecule has 5 rings (SSSR count). The Morgan fingerprint density at radius 2 is 1.82 bits per heavy atom. The molecule has 12 nitrogen and oxygen atoms in total. The van der Waals surface area contributed by atoms with E-state index in [0.717, 1.165) is 47.8 Å². The van der Waals surface area contributed by atoms with Crippen molar-refractivity contribution in [1.29, 1.82) is 0 Å².